The molecule has 1 aliphatic carbocycles. The summed E-state index contributed by atoms with van der Waals surface area (Å²) in [6.07, 6.45) is 5.05. The molecule has 1 aliphatic heterocycles. The van der Waals surface area contributed by atoms with E-state index in [-0.39, 0.29) is 11.4 Å². The second-order valence-electron chi connectivity index (χ2n) is 5.78. The fraction of sp³-hybridized carbons (Fsp3) is 0.562. The molecule has 20 heavy (non-hydrogen) atoms. The van der Waals surface area contributed by atoms with Gasteiger partial charge in [0.2, 0.25) is 0 Å². The van der Waals surface area contributed by atoms with E-state index in [1.165, 1.54) is 5.56 Å². The normalized spacial score (nSPS) is 19.1. The zero-order valence-electron chi connectivity index (χ0n) is 11.7. The molecule has 2 aliphatic rings. The summed E-state index contributed by atoms with van der Waals surface area (Å²) in [6.45, 7) is 0.717. The van der Waals surface area contributed by atoms with Crippen molar-refractivity contribution < 1.29 is 14.3 Å². The molecule has 0 radical (unpaired) electrons. The number of halogens is 1. The van der Waals surface area contributed by atoms with Gasteiger partial charge in [-0.3, -0.25) is 4.79 Å². The van der Waals surface area contributed by atoms with Crippen molar-refractivity contribution in [3.63, 3.8) is 0 Å². The standard InChI is InChI=1S/C16H19BrO3/c1-19-16(4-2-5-16)10-14(18)9-12-8-13(17)7-11-3-6-20-15(11)12/h7-8H,2-6,9-10H2,1H3. The number of benzene rings is 1. The summed E-state index contributed by atoms with van der Waals surface area (Å²) in [6, 6.07) is 4.08. The Balaban J connectivity index is 1.73. The predicted molar refractivity (Wildman–Crippen MR) is 80.3 cm³/mol. The Kier molecular flexibility index (Phi) is 3.87. The van der Waals surface area contributed by atoms with Crippen LogP contribution in [-0.4, -0.2) is 25.1 Å². The van der Waals surface area contributed by atoms with E-state index in [1.807, 2.05) is 6.07 Å². The SMILES string of the molecule is COC1(CC(=O)Cc2cc(Br)cc3c2OCC3)CCC1. The van der Waals surface area contributed by atoms with Gasteiger partial charge in [0.25, 0.3) is 0 Å². The summed E-state index contributed by atoms with van der Waals surface area (Å²) in [5.41, 5.74) is 2.02. The molecule has 1 saturated carbocycles. The van der Waals surface area contributed by atoms with Crippen molar-refractivity contribution in [1.82, 2.24) is 0 Å². The molecule has 1 heterocycles. The first kappa shape index (κ1) is 14.1. The molecule has 0 amide bonds. The Morgan fingerprint density at radius 3 is 2.90 bits per heavy atom. The molecule has 1 aromatic carbocycles. The van der Waals surface area contributed by atoms with E-state index in [1.54, 1.807) is 7.11 Å². The smallest absolute Gasteiger partial charge is 0.140 e. The minimum Gasteiger partial charge on any atom is -0.493 e. The lowest BCUT2D eigenvalue weighted by atomic mass is 9.76. The summed E-state index contributed by atoms with van der Waals surface area (Å²) in [7, 11) is 1.71. The lowest BCUT2D eigenvalue weighted by molar-refractivity contribution is -0.131. The van der Waals surface area contributed by atoms with Crippen molar-refractivity contribution in [2.75, 3.05) is 13.7 Å². The second kappa shape index (κ2) is 5.49. The fourth-order valence-electron chi connectivity index (χ4n) is 3.14. The summed E-state index contributed by atoms with van der Waals surface area (Å²) in [5.74, 6) is 1.16. The van der Waals surface area contributed by atoms with Crippen molar-refractivity contribution in [3.05, 3.63) is 27.7 Å². The zero-order valence-corrected chi connectivity index (χ0v) is 13.3. The topological polar surface area (TPSA) is 35.5 Å². The Labute approximate surface area is 127 Å². The minimum atomic E-state index is -0.187. The van der Waals surface area contributed by atoms with Crippen molar-refractivity contribution in [2.45, 2.75) is 44.1 Å². The molecule has 0 saturated heterocycles. The van der Waals surface area contributed by atoms with E-state index in [4.69, 9.17) is 9.47 Å². The molecule has 108 valence electrons. The van der Waals surface area contributed by atoms with Crippen LogP contribution < -0.4 is 4.74 Å². The molecule has 1 fully saturated rings. The third-order valence-electron chi connectivity index (χ3n) is 4.43. The summed E-state index contributed by atoms with van der Waals surface area (Å²) < 4.78 is 12.2. The lowest BCUT2D eigenvalue weighted by Gasteiger charge is -2.40. The number of hydrogen-bond donors (Lipinski definition) is 0. The highest BCUT2D eigenvalue weighted by Crippen LogP contribution is 2.39. The summed E-state index contributed by atoms with van der Waals surface area (Å²) in [5, 5.41) is 0. The van der Waals surface area contributed by atoms with E-state index < -0.39 is 0 Å². The van der Waals surface area contributed by atoms with E-state index in [0.717, 1.165) is 48.1 Å². The Bertz CT molecular complexity index is 529. The monoisotopic (exact) mass is 338 g/mol. The largest absolute Gasteiger partial charge is 0.493 e. The molecule has 3 rings (SSSR count). The molecule has 0 spiro atoms. The van der Waals surface area contributed by atoms with Gasteiger partial charge in [0.05, 0.1) is 12.2 Å². The van der Waals surface area contributed by atoms with Crippen LogP contribution in [0.15, 0.2) is 16.6 Å². The number of fused-ring (bicyclic) bond motifs is 1. The summed E-state index contributed by atoms with van der Waals surface area (Å²) >= 11 is 3.51. The van der Waals surface area contributed by atoms with E-state index >= 15 is 0 Å². The van der Waals surface area contributed by atoms with Gasteiger partial charge in [-0.1, -0.05) is 15.9 Å². The maximum Gasteiger partial charge on any atom is 0.140 e. The van der Waals surface area contributed by atoms with Crippen LogP contribution in [0.4, 0.5) is 0 Å². The molecule has 0 bridgehead atoms. The van der Waals surface area contributed by atoms with Gasteiger partial charge in [-0.25, -0.2) is 0 Å². The van der Waals surface area contributed by atoms with Gasteiger partial charge in [-0.15, -0.1) is 0 Å². The number of methoxy groups -OCH3 is 1. The highest BCUT2D eigenvalue weighted by molar-refractivity contribution is 9.10. The van der Waals surface area contributed by atoms with E-state index in [9.17, 15) is 4.79 Å². The molecule has 3 nitrogen and oxygen atoms in total. The lowest BCUT2D eigenvalue weighted by Crippen LogP contribution is -2.41. The van der Waals surface area contributed by atoms with Crippen LogP contribution in [0, 0.1) is 0 Å². The van der Waals surface area contributed by atoms with E-state index in [2.05, 4.69) is 22.0 Å². The van der Waals surface area contributed by atoms with Crippen molar-refractivity contribution in [3.8, 4) is 5.75 Å². The van der Waals surface area contributed by atoms with Crippen molar-refractivity contribution in [1.29, 1.82) is 0 Å². The van der Waals surface area contributed by atoms with Crippen LogP contribution in [0.2, 0.25) is 0 Å². The number of carbonyl (C=O) groups excluding carboxylic acids is 1. The molecule has 0 aromatic heterocycles. The Morgan fingerprint density at radius 1 is 1.45 bits per heavy atom. The van der Waals surface area contributed by atoms with Crippen LogP contribution >= 0.6 is 15.9 Å². The van der Waals surface area contributed by atoms with Crippen LogP contribution in [-0.2, 0) is 22.4 Å². The number of ketones is 1. The number of rotatable bonds is 5. The van der Waals surface area contributed by atoms with Crippen LogP contribution in [0.3, 0.4) is 0 Å². The van der Waals surface area contributed by atoms with Crippen LogP contribution in [0.1, 0.15) is 36.8 Å². The first-order valence-corrected chi connectivity index (χ1v) is 7.92. The average molecular weight is 339 g/mol. The molecular weight excluding hydrogens is 320 g/mol. The molecule has 0 unspecified atom stereocenters. The third-order valence-corrected chi connectivity index (χ3v) is 4.89. The maximum absolute atomic E-state index is 12.3. The predicted octanol–water partition coefficient (Wildman–Crippen LogP) is 3.45. The zero-order chi connectivity index (χ0) is 14.2. The third kappa shape index (κ3) is 2.63. The average Bonchev–Trinajstić information content (AvgIpc) is 2.82. The number of ether oxygens (including phenoxy) is 2. The Morgan fingerprint density at radius 2 is 2.25 bits per heavy atom. The molecule has 4 heteroatoms. The first-order valence-electron chi connectivity index (χ1n) is 7.13. The highest BCUT2D eigenvalue weighted by atomic mass is 79.9. The maximum atomic E-state index is 12.3. The van der Waals surface area contributed by atoms with Gasteiger partial charge >= 0.3 is 0 Å². The van der Waals surface area contributed by atoms with Gasteiger partial charge < -0.3 is 9.47 Å². The number of carbonyl (C=O) groups is 1. The highest BCUT2D eigenvalue weighted by Gasteiger charge is 2.38. The first-order chi connectivity index (χ1) is 9.62. The van der Waals surface area contributed by atoms with Crippen LogP contribution in [0.25, 0.3) is 0 Å². The number of hydrogen-bond acceptors (Lipinski definition) is 3. The van der Waals surface area contributed by atoms with Gasteiger partial charge in [-0.2, -0.15) is 0 Å². The molecule has 0 atom stereocenters. The van der Waals surface area contributed by atoms with Gasteiger partial charge in [-0.05, 0) is 37.0 Å². The van der Waals surface area contributed by atoms with Crippen molar-refractivity contribution in [2.24, 2.45) is 0 Å². The molecule has 1 aromatic rings. The van der Waals surface area contributed by atoms with Gasteiger partial charge in [0.15, 0.2) is 0 Å². The minimum absolute atomic E-state index is 0.187. The van der Waals surface area contributed by atoms with Crippen molar-refractivity contribution >= 4 is 21.7 Å². The Hall–Kier alpha value is -0.870. The summed E-state index contributed by atoms with van der Waals surface area (Å²) in [4.78, 5) is 12.3. The second-order valence-corrected chi connectivity index (χ2v) is 6.70. The van der Waals surface area contributed by atoms with Crippen LogP contribution in [0.5, 0.6) is 5.75 Å². The molecular formula is C16H19BrO3. The molecule has 0 N–H and O–H groups in total. The quantitative estimate of drug-likeness (QED) is 0.824. The van der Waals surface area contributed by atoms with Gasteiger partial charge in [0.1, 0.15) is 11.5 Å². The number of Topliss-reactive ketones (excluding diaryl/α,β-unsaturated/α-hetero) is 1. The van der Waals surface area contributed by atoms with E-state index in [0.29, 0.717) is 12.8 Å². The van der Waals surface area contributed by atoms with Gasteiger partial charge in [0, 0.05) is 36.4 Å². The fourth-order valence-corrected chi connectivity index (χ4v) is 3.69.